The number of nitrogen functional groups attached to an aromatic ring is 1. The second-order valence-electron chi connectivity index (χ2n) is 18.0. The highest BCUT2D eigenvalue weighted by Crippen LogP contribution is 2.60. The second kappa shape index (κ2) is 40.8. The number of aliphatic hydroxyl groups excluding tert-OH is 4. The third kappa shape index (κ3) is 33.0. The van der Waals surface area contributed by atoms with Crippen molar-refractivity contribution in [1.82, 2.24) is 9.55 Å². The fourth-order valence-electron chi connectivity index (χ4n) is 7.19. The van der Waals surface area contributed by atoms with Gasteiger partial charge < -0.3 is 50.2 Å². The first-order chi connectivity index (χ1) is 36.5. The van der Waals surface area contributed by atoms with E-state index in [2.05, 4.69) is 40.5 Å². The molecule has 0 aliphatic carbocycles. The zero-order valence-corrected chi connectivity index (χ0v) is 46.0. The van der Waals surface area contributed by atoms with Crippen LogP contribution in [0.25, 0.3) is 0 Å². The van der Waals surface area contributed by atoms with E-state index >= 15 is 0 Å². The lowest BCUT2D eigenvalue weighted by Crippen LogP contribution is -2.36. The van der Waals surface area contributed by atoms with Gasteiger partial charge in [0.05, 0.1) is 25.4 Å². The van der Waals surface area contributed by atoms with Gasteiger partial charge in [0.25, 0.3) is 0 Å². The summed E-state index contributed by atoms with van der Waals surface area (Å²) in [5.74, 6) is -1.49. The van der Waals surface area contributed by atoms with Gasteiger partial charge in [0.1, 0.15) is 30.7 Å². The Balaban J connectivity index is 1.85. The maximum Gasteiger partial charge on any atom is 0.481 e. The van der Waals surface area contributed by atoms with Crippen molar-refractivity contribution < 1.29 is 76.5 Å². The summed E-state index contributed by atoms with van der Waals surface area (Å²) in [6.07, 6.45) is 38.3. The van der Waals surface area contributed by atoms with Gasteiger partial charge in [0.15, 0.2) is 12.3 Å². The van der Waals surface area contributed by atoms with Crippen LogP contribution in [0.5, 0.6) is 0 Å². The maximum absolute atomic E-state index is 12.9. The predicted molar refractivity (Wildman–Crippen MR) is 291 cm³/mol. The highest BCUT2D eigenvalue weighted by atomic mass is 31.3. The molecule has 0 spiro atoms. The van der Waals surface area contributed by atoms with Gasteiger partial charge in [-0.15, -0.1) is 0 Å². The van der Waals surface area contributed by atoms with Crippen LogP contribution in [-0.4, -0.2) is 108 Å². The van der Waals surface area contributed by atoms with Crippen molar-refractivity contribution >= 4 is 33.4 Å². The number of unbranched alkanes of at least 4 members (excludes halogenated alkanes) is 10. The van der Waals surface area contributed by atoms with Crippen LogP contribution in [0.4, 0.5) is 5.82 Å². The Morgan fingerprint density at radius 2 is 1.28 bits per heavy atom. The fraction of sp³-hybridized carbons (Fsp3) is 0.593. The summed E-state index contributed by atoms with van der Waals surface area (Å²) < 4.78 is 56.7. The summed E-state index contributed by atoms with van der Waals surface area (Å²) in [5, 5.41) is 41.0. The van der Waals surface area contributed by atoms with E-state index in [0.29, 0.717) is 32.1 Å². The number of aromatic nitrogens is 2. The smallest absolute Gasteiger partial charge is 0.462 e. The Hall–Kier alpha value is -4.40. The van der Waals surface area contributed by atoms with Crippen LogP contribution in [0, 0.1) is 0 Å². The van der Waals surface area contributed by atoms with Crippen molar-refractivity contribution in [1.29, 1.82) is 0 Å². The van der Waals surface area contributed by atoms with Crippen LogP contribution in [0.1, 0.15) is 148 Å². The molecule has 1 aromatic rings. The number of nitrogens with two attached hydrogens (primary N) is 1. The molecule has 22 heteroatoms. The lowest BCUT2D eigenvalue weighted by atomic mass is 10.1. The highest BCUT2D eigenvalue weighted by molar-refractivity contribution is 7.61. The fourth-order valence-corrected chi connectivity index (χ4v) is 9.30. The number of phosphoric acid groups is 2. The van der Waals surface area contributed by atoms with Crippen molar-refractivity contribution in [2.45, 2.75) is 185 Å². The van der Waals surface area contributed by atoms with Gasteiger partial charge in [-0.25, -0.2) is 13.9 Å². The molecule has 8 N–H and O–H groups in total. The first kappa shape index (κ1) is 67.7. The minimum atomic E-state index is -5.47. The molecule has 1 aliphatic heterocycles. The Morgan fingerprint density at radius 3 is 1.89 bits per heavy atom. The van der Waals surface area contributed by atoms with Gasteiger partial charge >= 0.3 is 33.3 Å². The van der Waals surface area contributed by atoms with Gasteiger partial charge in [0, 0.05) is 19.0 Å². The molecule has 0 amide bonds. The van der Waals surface area contributed by atoms with E-state index in [1.807, 2.05) is 37.3 Å². The number of allylic oxidation sites excluding steroid dienone is 12. The van der Waals surface area contributed by atoms with E-state index in [4.69, 9.17) is 29.0 Å². The molecule has 2 unspecified atom stereocenters. The predicted octanol–water partition coefficient (Wildman–Crippen LogP) is 9.16. The zero-order valence-electron chi connectivity index (χ0n) is 44.2. The van der Waals surface area contributed by atoms with Gasteiger partial charge in [-0.2, -0.15) is 9.29 Å². The van der Waals surface area contributed by atoms with Crippen LogP contribution in [0.15, 0.2) is 114 Å². The number of esters is 2. The largest absolute Gasteiger partial charge is 0.481 e. The molecule has 0 saturated carbocycles. The van der Waals surface area contributed by atoms with Gasteiger partial charge in [0.2, 0.25) is 0 Å². The number of anilines is 1. The van der Waals surface area contributed by atoms with Crippen LogP contribution in [-0.2, 0) is 46.3 Å². The van der Waals surface area contributed by atoms with Crippen LogP contribution >= 0.6 is 15.6 Å². The van der Waals surface area contributed by atoms with Crippen LogP contribution in [0.3, 0.4) is 0 Å². The van der Waals surface area contributed by atoms with E-state index in [0.717, 1.165) is 75.0 Å². The molecule has 0 aromatic carbocycles. The van der Waals surface area contributed by atoms with E-state index in [-0.39, 0.29) is 18.7 Å². The molecule has 0 bridgehead atoms. The molecule has 2 heterocycles. The molecule has 20 nitrogen and oxygen atoms in total. The Bertz CT molecular complexity index is 2190. The number of ether oxygens (including phenoxy) is 3. The van der Waals surface area contributed by atoms with Crippen molar-refractivity contribution in [3.63, 3.8) is 0 Å². The van der Waals surface area contributed by atoms with Gasteiger partial charge in [-0.3, -0.25) is 23.2 Å². The minimum absolute atomic E-state index is 0.00229. The first-order valence-corrected chi connectivity index (χ1v) is 29.5. The average Bonchev–Trinajstić information content (AvgIpc) is 3.65. The van der Waals surface area contributed by atoms with E-state index in [1.54, 1.807) is 42.5 Å². The average molecular weight is 1110 g/mol. The summed E-state index contributed by atoms with van der Waals surface area (Å²) in [7, 11) is -10.9. The molecule has 0 radical (unpaired) electrons. The molecule has 1 fully saturated rings. The molecule has 1 saturated heterocycles. The molecular formula is C54H85N3O17P2. The highest BCUT2D eigenvalue weighted by Gasteiger charge is 2.46. The number of hydrogen-bond donors (Lipinski definition) is 7. The number of carbonyl (C=O) groups is 2. The lowest BCUT2D eigenvalue weighted by Gasteiger charge is -2.21. The van der Waals surface area contributed by atoms with Crippen molar-refractivity contribution in [2.75, 3.05) is 25.6 Å². The molecule has 9 atom stereocenters. The SMILES string of the molecule is CC/C=C\C[C@@H](O)/C=C/C=C\C=C\[C@@H](O)C/C=C\C/C=C\CCC(=O)OC[C@H](COP(=O)(O)OP(=O)(O)OC[C@H]1O[C@@H](n2ccc(N)nc2=O)[C@H](O)[C@@H]1O)OC(=O)CCCCCCCCC/C=C\C/C=C\CCCCC. The van der Waals surface area contributed by atoms with E-state index in [9.17, 15) is 53.7 Å². The zero-order chi connectivity index (χ0) is 55.9. The molecule has 1 aliphatic rings. The standard InChI is InChI=1S/C54H85N3O17P2/c1-3-5-7-8-9-10-11-12-13-14-15-16-17-18-19-24-32-38-50(61)72-46(41-69-49(60)37-31-23-21-20-22-28-34-45(59)36-30-26-25-29-35-44(58)33-27-6-4-2)42-70-75(65,66)74-76(67,68)71-43-47-51(62)52(63)53(73-47)57-40-39-48(55)56-54(57)64/h6,9-10,12-13,21-23,25-30,35-36,39-40,44-47,51-53,58-59,62-63H,3-5,7-8,11,14-20,24,31-34,37-38,41-43H2,1-2H3,(H,65,66)(H,67,68)(H2,55,56,64)/b10-9-,13-12-,23-21-,26-25-,27-6-,28-22-,35-29+,36-30+/t44-,45+,46-,47-,51-,52-,53-/m1/s1. The number of rotatable bonds is 42. The molecule has 2 rings (SSSR count). The van der Waals surface area contributed by atoms with Crippen molar-refractivity contribution in [3.05, 3.63) is 120 Å². The van der Waals surface area contributed by atoms with Gasteiger partial charge in [-0.1, -0.05) is 156 Å². The summed E-state index contributed by atoms with van der Waals surface area (Å²) in [6, 6.07) is 1.23. The lowest BCUT2D eigenvalue weighted by molar-refractivity contribution is -0.161. The summed E-state index contributed by atoms with van der Waals surface area (Å²) in [5.41, 5.74) is 4.57. The third-order valence-corrected chi connectivity index (χ3v) is 13.9. The van der Waals surface area contributed by atoms with Crippen molar-refractivity contribution in [3.8, 4) is 0 Å². The van der Waals surface area contributed by atoms with Gasteiger partial charge in [-0.05, 0) is 76.7 Å². The second-order valence-corrected chi connectivity index (χ2v) is 21.1. The molecule has 76 heavy (non-hydrogen) atoms. The topological polar surface area (TPSA) is 306 Å². The van der Waals surface area contributed by atoms with Crippen LogP contribution in [0.2, 0.25) is 0 Å². The number of nitrogens with zero attached hydrogens (tertiary/aromatic N) is 2. The number of carbonyl (C=O) groups excluding carboxylic acids is 2. The number of aliphatic hydroxyl groups is 4. The van der Waals surface area contributed by atoms with E-state index in [1.165, 1.54) is 25.3 Å². The van der Waals surface area contributed by atoms with Crippen LogP contribution < -0.4 is 11.4 Å². The van der Waals surface area contributed by atoms with Crippen molar-refractivity contribution in [2.24, 2.45) is 0 Å². The monoisotopic (exact) mass is 1110 g/mol. The Kier molecular flexibility index (Phi) is 36.3. The Morgan fingerprint density at radius 1 is 0.711 bits per heavy atom. The minimum Gasteiger partial charge on any atom is -0.462 e. The third-order valence-electron chi connectivity index (χ3n) is 11.3. The molecule has 428 valence electrons. The number of phosphoric ester groups is 2. The maximum atomic E-state index is 12.9. The Labute approximate surface area is 448 Å². The quantitative estimate of drug-likeness (QED) is 0.0105. The summed E-state index contributed by atoms with van der Waals surface area (Å²) in [6.45, 7) is 1.76. The first-order valence-electron chi connectivity index (χ1n) is 26.5. The normalized spacial score (nSPS) is 20.3. The molecular weight excluding hydrogens is 1020 g/mol. The van der Waals surface area contributed by atoms with E-state index < -0.39 is 95.9 Å². The summed E-state index contributed by atoms with van der Waals surface area (Å²) >= 11 is 0. The molecule has 1 aromatic heterocycles. The number of hydrogen-bond acceptors (Lipinski definition) is 17. The summed E-state index contributed by atoms with van der Waals surface area (Å²) in [4.78, 5) is 62.0.